The molecule has 0 radical (unpaired) electrons. The van der Waals surface area contributed by atoms with Crippen LogP contribution in [0.1, 0.15) is 37.0 Å². The van der Waals surface area contributed by atoms with Gasteiger partial charge in [-0.15, -0.1) is 0 Å². The van der Waals surface area contributed by atoms with E-state index in [1.54, 1.807) is 19.9 Å². The molecule has 8 nitrogen and oxygen atoms in total. The van der Waals surface area contributed by atoms with Crippen molar-refractivity contribution in [2.24, 2.45) is 11.8 Å². The number of Topliss-reactive ketones (excluding diaryl/α,β-unsaturated/α-hetero) is 1. The number of methoxy groups -OCH3 is 2. The number of nitrogens with one attached hydrogen (secondary N) is 1. The highest BCUT2D eigenvalue weighted by Crippen LogP contribution is 2.38. The summed E-state index contributed by atoms with van der Waals surface area (Å²) in [6.07, 6.45) is 1.57. The Morgan fingerprint density at radius 3 is 2.11 bits per heavy atom. The molecule has 4 atom stereocenters. The molecule has 1 aliphatic carbocycles. The number of fused-ring (bicyclic) bond motifs is 1. The van der Waals surface area contributed by atoms with E-state index in [2.05, 4.69) is 5.32 Å². The third-order valence-corrected chi connectivity index (χ3v) is 6.77. The van der Waals surface area contributed by atoms with Crippen molar-refractivity contribution < 1.29 is 33.7 Å². The summed E-state index contributed by atoms with van der Waals surface area (Å²) in [6.45, 7) is 3.65. The van der Waals surface area contributed by atoms with Gasteiger partial charge in [-0.05, 0) is 68.4 Å². The van der Waals surface area contributed by atoms with Crippen LogP contribution >= 0.6 is 0 Å². The average Bonchev–Trinajstić information content (AvgIpc) is 2.89. The summed E-state index contributed by atoms with van der Waals surface area (Å²) in [5.74, 6) is -2.25. The van der Waals surface area contributed by atoms with Crippen molar-refractivity contribution in [3.8, 4) is 11.5 Å². The van der Waals surface area contributed by atoms with Crippen LogP contribution in [0.3, 0.4) is 0 Å². The molecule has 36 heavy (non-hydrogen) atoms. The predicted octanol–water partition coefficient (Wildman–Crippen LogP) is 3.23. The van der Waals surface area contributed by atoms with Gasteiger partial charge >= 0.3 is 11.9 Å². The fraction of sp³-hybridized carbons (Fsp3) is 0.464. The lowest BCUT2D eigenvalue weighted by atomic mass is 9.72. The van der Waals surface area contributed by atoms with Crippen molar-refractivity contribution in [2.45, 2.75) is 51.6 Å². The molecule has 0 aliphatic heterocycles. The molecule has 0 amide bonds. The summed E-state index contributed by atoms with van der Waals surface area (Å²) in [4.78, 5) is 38.4. The Morgan fingerprint density at radius 1 is 1.00 bits per heavy atom. The molecular weight excluding hydrogens is 462 g/mol. The zero-order chi connectivity index (χ0) is 26.2. The molecule has 194 valence electrons. The Labute approximate surface area is 211 Å². The molecule has 0 heterocycles. The van der Waals surface area contributed by atoms with Crippen LogP contribution in [0.4, 0.5) is 0 Å². The van der Waals surface area contributed by atoms with E-state index in [1.165, 1.54) is 14.2 Å². The molecular formula is C28H35NO7. The summed E-state index contributed by atoms with van der Waals surface area (Å²) in [7, 11) is 3.06. The fourth-order valence-corrected chi connectivity index (χ4v) is 4.83. The summed E-state index contributed by atoms with van der Waals surface area (Å²) in [5.41, 5.74) is 2.77. The number of hydrogen-bond acceptors (Lipinski definition) is 7. The number of carbonyl (C=O) groups is 3. The molecule has 3 rings (SSSR count). The Hall–Kier alpha value is -3.39. The first kappa shape index (κ1) is 27.2. The van der Waals surface area contributed by atoms with Crippen molar-refractivity contribution in [1.82, 2.24) is 5.32 Å². The quantitative estimate of drug-likeness (QED) is 0.430. The van der Waals surface area contributed by atoms with Gasteiger partial charge in [-0.2, -0.15) is 0 Å². The molecule has 0 saturated carbocycles. The summed E-state index contributed by atoms with van der Waals surface area (Å²) in [6, 6.07) is 11.9. The smallest absolute Gasteiger partial charge is 0.323 e. The Kier molecular flexibility index (Phi) is 9.47. The van der Waals surface area contributed by atoms with Gasteiger partial charge in [-0.3, -0.25) is 19.7 Å². The third kappa shape index (κ3) is 6.43. The first-order valence-electron chi connectivity index (χ1n) is 12.3. The largest absolute Gasteiger partial charge is 0.493 e. The second-order valence-corrected chi connectivity index (χ2v) is 9.06. The van der Waals surface area contributed by atoms with E-state index < -0.39 is 35.9 Å². The number of aryl methyl sites for hydroxylation is 1. The minimum Gasteiger partial charge on any atom is -0.493 e. The zero-order valence-corrected chi connectivity index (χ0v) is 21.3. The first-order valence-corrected chi connectivity index (χ1v) is 12.3. The third-order valence-electron chi connectivity index (χ3n) is 6.77. The van der Waals surface area contributed by atoms with E-state index in [4.69, 9.17) is 14.2 Å². The van der Waals surface area contributed by atoms with Gasteiger partial charge in [0, 0.05) is 5.92 Å². The van der Waals surface area contributed by atoms with Crippen LogP contribution in [0.5, 0.6) is 11.5 Å². The number of carbonyl (C=O) groups excluding carboxylic acids is 2. The maximum atomic E-state index is 13.6. The number of hydrogen-bond donors (Lipinski definition) is 2. The Morgan fingerprint density at radius 2 is 1.58 bits per heavy atom. The van der Waals surface area contributed by atoms with Crippen LogP contribution in [0, 0.1) is 11.8 Å². The number of carboxylic acids is 1. The Bertz CT molecular complexity index is 1070. The number of ether oxygens (including phenoxy) is 3. The molecule has 0 aromatic heterocycles. The van der Waals surface area contributed by atoms with E-state index in [0.29, 0.717) is 24.3 Å². The molecule has 0 bridgehead atoms. The van der Waals surface area contributed by atoms with Gasteiger partial charge in [0.05, 0.1) is 32.8 Å². The van der Waals surface area contributed by atoms with Gasteiger partial charge < -0.3 is 19.3 Å². The highest BCUT2D eigenvalue weighted by molar-refractivity contribution is 5.91. The molecule has 0 unspecified atom stereocenters. The lowest BCUT2D eigenvalue weighted by Gasteiger charge is -2.32. The monoisotopic (exact) mass is 497 g/mol. The van der Waals surface area contributed by atoms with Crippen LogP contribution in [-0.2, 0) is 38.4 Å². The maximum absolute atomic E-state index is 13.6. The lowest BCUT2D eigenvalue weighted by molar-refractivity contribution is -0.149. The van der Waals surface area contributed by atoms with E-state index in [0.717, 1.165) is 16.7 Å². The molecule has 2 aromatic carbocycles. The second-order valence-electron chi connectivity index (χ2n) is 9.06. The van der Waals surface area contributed by atoms with Crippen LogP contribution in [0.2, 0.25) is 0 Å². The van der Waals surface area contributed by atoms with Crippen LogP contribution in [0.25, 0.3) is 0 Å². The van der Waals surface area contributed by atoms with Crippen LogP contribution < -0.4 is 14.8 Å². The van der Waals surface area contributed by atoms with Gasteiger partial charge in [-0.1, -0.05) is 30.3 Å². The van der Waals surface area contributed by atoms with Crippen LogP contribution in [0.15, 0.2) is 42.5 Å². The summed E-state index contributed by atoms with van der Waals surface area (Å²) >= 11 is 0. The van der Waals surface area contributed by atoms with Gasteiger partial charge in [0.1, 0.15) is 6.04 Å². The van der Waals surface area contributed by atoms with Gasteiger partial charge in [0.15, 0.2) is 17.3 Å². The molecule has 2 N–H and O–H groups in total. The zero-order valence-electron chi connectivity index (χ0n) is 21.3. The first-order chi connectivity index (χ1) is 17.3. The molecule has 1 aliphatic rings. The van der Waals surface area contributed by atoms with Gasteiger partial charge in [0.2, 0.25) is 0 Å². The minimum absolute atomic E-state index is 0.212. The van der Waals surface area contributed by atoms with E-state index >= 15 is 0 Å². The predicted molar refractivity (Wildman–Crippen MR) is 134 cm³/mol. The van der Waals surface area contributed by atoms with Crippen molar-refractivity contribution in [3.05, 3.63) is 59.2 Å². The maximum Gasteiger partial charge on any atom is 0.323 e. The number of esters is 1. The van der Waals surface area contributed by atoms with Crippen molar-refractivity contribution in [3.63, 3.8) is 0 Å². The van der Waals surface area contributed by atoms with Crippen molar-refractivity contribution >= 4 is 17.7 Å². The summed E-state index contributed by atoms with van der Waals surface area (Å²) in [5, 5.41) is 13.1. The number of carboxylic acid groups (broad SMARTS) is 1. The molecule has 0 spiro atoms. The highest BCUT2D eigenvalue weighted by Gasteiger charge is 2.40. The number of ketones is 1. The molecule has 8 heteroatoms. The van der Waals surface area contributed by atoms with Gasteiger partial charge in [-0.25, -0.2) is 0 Å². The molecule has 2 aromatic rings. The fourth-order valence-electron chi connectivity index (χ4n) is 4.83. The van der Waals surface area contributed by atoms with E-state index in [-0.39, 0.29) is 25.2 Å². The number of benzene rings is 2. The average molecular weight is 498 g/mol. The number of rotatable bonds is 12. The highest BCUT2D eigenvalue weighted by atomic mass is 16.5. The second kappa shape index (κ2) is 12.5. The normalized spacial score (nSPS) is 18.4. The minimum atomic E-state index is -1.02. The molecule has 0 fully saturated rings. The van der Waals surface area contributed by atoms with E-state index in [1.807, 2.05) is 36.4 Å². The topological polar surface area (TPSA) is 111 Å². The lowest BCUT2D eigenvalue weighted by Crippen LogP contribution is -2.50. The number of aliphatic carboxylic acids is 1. The SMILES string of the molecule is CCOC(=O)[C@H](CCc1ccccc1)N[C@@H](C)C(=O)[C@H]1Cc2cc(OC)c(OC)cc2C[C@@H]1C(=O)O. The van der Waals surface area contributed by atoms with E-state index in [9.17, 15) is 19.5 Å². The van der Waals surface area contributed by atoms with Crippen LogP contribution in [-0.4, -0.2) is 55.7 Å². The van der Waals surface area contributed by atoms with Crippen molar-refractivity contribution in [1.29, 1.82) is 0 Å². The van der Waals surface area contributed by atoms with Crippen molar-refractivity contribution in [2.75, 3.05) is 20.8 Å². The summed E-state index contributed by atoms with van der Waals surface area (Å²) < 4.78 is 16.0. The standard InChI is InChI=1S/C28H35NO7/c1-5-36-28(33)23(12-11-18-9-7-6-8-10-18)29-17(2)26(30)21-13-19-15-24(34-3)25(35-4)16-20(19)14-22(21)27(31)32/h6-10,15-17,21-23,29H,5,11-14H2,1-4H3,(H,31,32)/t17-,21-,22-,23-/m0/s1. The van der Waals surface area contributed by atoms with Gasteiger partial charge in [0.25, 0.3) is 0 Å². The molecule has 0 saturated heterocycles. The Balaban J connectivity index is 1.79.